The number of rotatable bonds is 12. The van der Waals surface area contributed by atoms with E-state index < -0.39 is 104 Å². The smallest absolute Gasteiger partial charge is 0.317 e. The first-order valence-electron chi connectivity index (χ1n) is 27.2. The van der Waals surface area contributed by atoms with Gasteiger partial charge in [-0.15, -0.1) is 0 Å². The number of hydrogen-bond donors (Lipinski definition) is 13. The lowest BCUT2D eigenvalue weighted by Gasteiger charge is -2.45. The zero-order valence-corrected chi connectivity index (χ0v) is 46.0. The first-order valence-corrected chi connectivity index (χ1v) is 27.2. The maximum atomic E-state index is 12.6. The van der Waals surface area contributed by atoms with E-state index in [1.165, 1.54) is 0 Å². The Morgan fingerprint density at radius 1 is 0.813 bits per heavy atom. The number of aliphatic imine (C=N–C) groups is 1. The molecule has 0 aliphatic carbocycles. The number of guanidine groups is 1. The van der Waals surface area contributed by atoms with Crippen LogP contribution < -0.4 is 10.6 Å². The first kappa shape index (κ1) is 67.5. The predicted octanol–water partition coefficient (Wildman–Crippen LogP) is 3.86. The fourth-order valence-corrected chi connectivity index (χ4v) is 9.61. The van der Waals surface area contributed by atoms with Crippen LogP contribution in [0.15, 0.2) is 64.7 Å². The van der Waals surface area contributed by atoms with Gasteiger partial charge < -0.3 is 81.0 Å². The molecule has 13 N–H and O–H groups in total. The molecule has 17 atom stereocenters. The molecule has 1 saturated heterocycles. The fourth-order valence-electron chi connectivity index (χ4n) is 9.61. The van der Waals surface area contributed by atoms with Gasteiger partial charge >= 0.3 is 11.9 Å². The van der Waals surface area contributed by atoms with Crippen molar-refractivity contribution in [2.75, 3.05) is 27.2 Å². The zero-order chi connectivity index (χ0) is 56.3. The molecule has 2 rings (SSSR count). The molecule has 0 saturated carbocycles. The molecule has 0 radical (unpaired) electrons. The second-order valence-corrected chi connectivity index (χ2v) is 21.3. The van der Waals surface area contributed by atoms with E-state index in [2.05, 4.69) is 41.6 Å². The van der Waals surface area contributed by atoms with Gasteiger partial charge in [0, 0.05) is 76.9 Å². The number of carbonyl (C=O) groups excluding carboxylic acids is 1. The normalized spacial score (nSPS) is 35.1. The van der Waals surface area contributed by atoms with Crippen LogP contribution in [0.3, 0.4) is 0 Å². The Hall–Kier alpha value is -3.57. The van der Waals surface area contributed by atoms with E-state index in [0.29, 0.717) is 12.2 Å². The van der Waals surface area contributed by atoms with Gasteiger partial charge in [-0.05, 0) is 88.7 Å². The number of aliphatic hydroxyl groups excluding tert-OH is 9. The highest BCUT2D eigenvalue weighted by atomic mass is 16.7. The van der Waals surface area contributed by atoms with Crippen LogP contribution in [0.4, 0.5) is 0 Å². The van der Waals surface area contributed by atoms with Crippen molar-refractivity contribution in [1.82, 2.24) is 10.6 Å². The number of hydrogen-bond acceptors (Lipinski definition) is 16. The van der Waals surface area contributed by atoms with E-state index in [9.17, 15) is 65.8 Å². The summed E-state index contributed by atoms with van der Waals surface area (Å²) in [6.45, 7) is 12.6. The molecular weight excluding hydrogens is 971 g/mol. The molecule has 0 aromatic carbocycles. The molecule has 2 aliphatic heterocycles. The summed E-state index contributed by atoms with van der Waals surface area (Å²) in [5.41, 5.74) is 1.51. The standard InChI is InChI=1S/C56H97N3O16/c1-35-18-15-20-37(3)48(65)31-49(66)40(6)46(63)24-17-23-41(60)33-56(72)54(71)50(67)30-45(75-56)29-44(74-52(70)32-51(68)69)27-42(61)26-43(62)28-47(64)36(2)21-16-22-39(5)53(73-34-35)38(4)19-13-11-9-10-12-14-25-59-55(57-7)58-8/h9-10,15-16,18,20-22,37-50,53-54,60-67,71-72H,11-14,17,19,23-34H2,1-8H3,(H,68,69)(H2,57,58,59)/b10-9+,20-15?,22-16?,35-18?,36-21?/t37-,38-,39+,40-,41+,42+,43+,44-,45-,46+,47-,48-,49-,50+,53-,54-,56+/m0/s1. The Morgan fingerprint density at radius 2 is 1.47 bits per heavy atom. The summed E-state index contributed by atoms with van der Waals surface area (Å²) >= 11 is 0. The summed E-state index contributed by atoms with van der Waals surface area (Å²) in [4.78, 5) is 28.0. The Kier molecular flexibility index (Phi) is 32.2. The largest absolute Gasteiger partial charge is 0.481 e. The van der Waals surface area contributed by atoms with E-state index >= 15 is 0 Å². The Balaban J connectivity index is 2.36. The quantitative estimate of drug-likeness (QED) is 0.0330. The van der Waals surface area contributed by atoms with E-state index in [0.717, 1.165) is 50.2 Å². The molecule has 0 aromatic rings. The predicted molar refractivity (Wildman–Crippen MR) is 287 cm³/mol. The van der Waals surface area contributed by atoms with Crippen molar-refractivity contribution in [2.24, 2.45) is 28.7 Å². The number of unbranched alkanes of at least 4 members (excludes halogenated alkanes) is 2. The maximum Gasteiger partial charge on any atom is 0.317 e. The SMILES string of the molecule is CN=C(NC)NCCC/C=C/CCC[C@H](C)[C@@H]1OCC(C)=CC=C[C@H](C)[C@@H](O)C[C@H](O)[C@@H](C)[C@H](O)CCC[C@@H](O)C[C@@]2(O)O[C@@H](C[C@@H](OC(=O)CC(=O)O)C[C@H](O)C[C@@H](O)C[C@H](O)C(C)=CC=C[C@H]1C)C[C@@H](O)[C@@H]2O. The highest BCUT2D eigenvalue weighted by Gasteiger charge is 2.49. The minimum absolute atomic E-state index is 0.00285. The summed E-state index contributed by atoms with van der Waals surface area (Å²) in [7, 11) is 3.56. The van der Waals surface area contributed by atoms with Crippen molar-refractivity contribution in [3.8, 4) is 0 Å². The average molecular weight is 1070 g/mol. The van der Waals surface area contributed by atoms with E-state index in [1.807, 2.05) is 51.3 Å². The van der Waals surface area contributed by atoms with E-state index in [1.54, 1.807) is 27.0 Å². The third-order valence-electron chi connectivity index (χ3n) is 14.4. The molecule has 432 valence electrons. The number of carboxylic acid groups (broad SMARTS) is 1. The maximum absolute atomic E-state index is 12.6. The molecule has 1 fully saturated rings. The number of nitrogens with one attached hydrogen (secondary N) is 2. The number of aliphatic carboxylic acids is 1. The highest BCUT2D eigenvalue weighted by Crippen LogP contribution is 2.35. The van der Waals surface area contributed by atoms with Crippen LogP contribution in [0.1, 0.15) is 144 Å². The number of aliphatic hydroxyl groups is 10. The number of allylic oxidation sites excluding steroid dienone is 6. The van der Waals surface area contributed by atoms with Gasteiger partial charge in [0.1, 0.15) is 18.6 Å². The number of esters is 1. The topological polar surface area (TPSA) is 321 Å². The molecule has 19 nitrogen and oxygen atoms in total. The van der Waals surface area contributed by atoms with Crippen molar-refractivity contribution in [1.29, 1.82) is 0 Å². The third kappa shape index (κ3) is 26.6. The Labute approximate surface area is 446 Å². The van der Waals surface area contributed by atoms with Crippen molar-refractivity contribution < 1.29 is 80.0 Å². The molecule has 2 aliphatic rings. The second kappa shape index (κ2) is 35.8. The van der Waals surface area contributed by atoms with Gasteiger partial charge in [0.15, 0.2) is 11.7 Å². The van der Waals surface area contributed by atoms with Gasteiger partial charge in [0.25, 0.3) is 0 Å². The Morgan fingerprint density at radius 3 is 2.13 bits per heavy atom. The summed E-state index contributed by atoms with van der Waals surface area (Å²) in [5.74, 6) is -5.15. The molecule has 0 amide bonds. The van der Waals surface area contributed by atoms with E-state index in [4.69, 9.17) is 14.2 Å². The number of fused-ring (bicyclic) bond motifs is 2. The molecule has 19 heteroatoms. The van der Waals surface area contributed by atoms with Gasteiger partial charge in [-0.25, -0.2) is 0 Å². The molecular formula is C56H97N3O16. The summed E-state index contributed by atoms with van der Waals surface area (Å²) < 4.78 is 17.9. The molecule has 0 aromatic heterocycles. The lowest BCUT2D eigenvalue weighted by molar-refractivity contribution is -0.332. The minimum atomic E-state index is -2.48. The second-order valence-electron chi connectivity index (χ2n) is 21.3. The summed E-state index contributed by atoms with van der Waals surface area (Å²) in [6.07, 6.45) is 4.16. The Bertz CT molecular complexity index is 1830. The fraction of sp³-hybridized carbons (Fsp3) is 0.768. The highest BCUT2D eigenvalue weighted by molar-refractivity contribution is 5.90. The average Bonchev–Trinajstić information content (AvgIpc) is 3.32. The van der Waals surface area contributed by atoms with Gasteiger partial charge in [-0.3, -0.25) is 14.6 Å². The van der Waals surface area contributed by atoms with Crippen molar-refractivity contribution in [2.45, 2.75) is 223 Å². The number of carboxylic acids is 1. The molecule has 0 unspecified atom stereocenters. The monoisotopic (exact) mass is 1070 g/mol. The van der Waals surface area contributed by atoms with Crippen molar-refractivity contribution in [3.05, 3.63) is 59.8 Å². The van der Waals surface area contributed by atoms with Crippen LogP contribution >= 0.6 is 0 Å². The van der Waals surface area contributed by atoms with Crippen molar-refractivity contribution in [3.63, 3.8) is 0 Å². The van der Waals surface area contributed by atoms with Crippen LogP contribution in [0, 0.1) is 23.7 Å². The lowest BCUT2D eigenvalue weighted by atomic mass is 9.86. The lowest BCUT2D eigenvalue weighted by Crippen LogP contribution is -2.59. The first-order chi connectivity index (χ1) is 35.4. The number of ether oxygens (including phenoxy) is 3. The number of nitrogens with zero attached hydrogens (tertiary/aromatic N) is 1. The van der Waals surface area contributed by atoms with Crippen LogP contribution in [-0.2, 0) is 23.8 Å². The molecule has 0 spiro atoms. The number of carbonyl (C=O) groups is 2. The van der Waals surface area contributed by atoms with Gasteiger partial charge in [0.05, 0.1) is 67.6 Å². The van der Waals surface area contributed by atoms with Crippen LogP contribution in [-0.4, -0.2) is 180 Å². The third-order valence-corrected chi connectivity index (χ3v) is 14.4. The van der Waals surface area contributed by atoms with E-state index in [-0.39, 0.29) is 81.6 Å². The summed E-state index contributed by atoms with van der Waals surface area (Å²) in [6, 6.07) is 0. The van der Waals surface area contributed by atoms with Crippen molar-refractivity contribution >= 4 is 17.9 Å². The summed E-state index contributed by atoms with van der Waals surface area (Å²) in [5, 5.41) is 126. The minimum Gasteiger partial charge on any atom is -0.481 e. The van der Waals surface area contributed by atoms with Gasteiger partial charge in [-0.1, -0.05) is 76.3 Å². The molecule has 75 heavy (non-hydrogen) atoms. The van der Waals surface area contributed by atoms with Crippen LogP contribution in [0.5, 0.6) is 0 Å². The molecule has 2 heterocycles. The zero-order valence-electron chi connectivity index (χ0n) is 46.0. The van der Waals surface area contributed by atoms with Crippen LogP contribution in [0.25, 0.3) is 0 Å². The van der Waals surface area contributed by atoms with Crippen LogP contribution in [0.2, 0.25) is 0 Å². The molecule has 2 bridgehead atoms. The van der Waals surface area contributed by atoms with Gasteiger partial charge in [0.2, 0.25) is 0 Å². The van der Waals surface area contributed by atoms with Gasteiger partial charge in [-0.2, -0.15) is 0 Å².